The van der Waals surface area contributed by atoms with Gasteiger partial charge in [-0.05, 0) is 25.7 Å². The Hall–Kier alpha value is -1.12. The maximum Gasteiger partial charge on any atom is 0.134 e. The lowest BCUT2D eigenvalue weighted by Crippen LogP contribution is -2.07. The molecule has 1 aliphatic rings. The molecule has 3 nitrogen and oxygen atoms in total. The smallest absolute Gasteiger partial charge is 0.134 e. The van der Waals surface area contributed by atoms with E-state index < -0.39 is 0 Å². The normalized spacial score (nSPS) is 16.3. The zero-order chi connectivity index (χ0) is 10.3. The quantitative estimate of drug-likeness (QED) is 0.780. The Morgan fingerprint density at radius 3 is 2.36 bits per heavy atom. The fourth-order valence-electron chi connectivity index (χ4n) is 1.86. The molecule has 1 aliphatic carbocycles. The average Bonchev–Trinajstić information content (AvgIpc) is 2.83. The first kappa shape index (κ1) is 9.44. The third kappa shape index (κ3) is 1.59. The fourth-order valence-corrected chi connectivity index (χ4v) is 1.86. The minimum Gasteiger partial charge on any atom is -0.383 e. The molecule has 2 N–H and O–H groups in total. The Morgan fingerprint density at radius 2 is 1.93 bits per heavy atom. The summed E-state index contributed by atoms with van der Waals surface area (Å²) in [6.07, 6.45) is 2.44. The Kier molecular flexibility index (Phi) is 2.17. The van der Waals surface area contributed by atoms with E-state index in [1.165, 1.54) is 12.8 Å². The Morgan fingerprint density at radius 1 is 1.29 bits per heavy atom. The number of nitrogens with zero attached hydrogens (tertiary/aromatic N) is 2. The van der Waals surface area contributed by atoms with Crippen LogP contribution < -0.4 is 5.73 Å². The van der Waals surface area contributed by atoms with Crippen molar-refractivity contribution in [3.8, 4) is 0 Å². The van der Waals surface area contributed by atoms with Crippen LogP contribution in [0.15, 0.2) is 0 Å². The third-order valence-electron chi connectivity index (χ3n) is 2.70. The van der Waals surface area contributed by atoms with E-state index in [-0.39, 0.29) is 0 Å². The molecule has 1 fully saturated rings. The summed E-state index contributed by atoms with van der Waals surface area (Å²) in [7, 11) is 0. The van der Waals surface area contributed by atoms with Gasteiger partial charge >= 0.3 is 0 Å². The van der Waals surface area contributed by atoms with Gasteiger partial charge in [-0.15, -0.1) is 0 Å². The van der Waals surface area contributed by atoms with Gasteiger partial charge in [-0.3, -0.25) is 0 Å². The molecule has 1 heterocycles. The molecular formula is C11H17N3. The van der Waals surface area contributed by atoms with E-state index in [1.807, 2.05) is 6.92 Å². The van der Waals surface area contributed by atoms with Crippen molar-refractivity contribution in [2.45, 2.75) is 45.4 Å². The molecule has 0 amide bonds. The Balaban J connectivity index is 2.43. The van der Waals surface area contributed by atoms with Crippen molar-refractivity contribution in [1.82, 2.24) is 9.97 Å². The van der Waals surface area contributed by atoms with E-state index in [0.717, 1.165) is 17.1 Å². The highest BCUT2D eigenvalue weighted by atomic mass is 15.0. The molecular weight excluding hydrogens is 174 g/mol. The van der Waals surface area contributed by atoms with Gasteiger partial charge in [0.1, 0.15) is 11.6 Å². The lowest BCUT2D eigenvalue weighted by Gasteiger charge is -2.12. The molecule has 76 valence electrons. The second-order valence-electron chi connectivity index (χ2n) is 4.40. The monoisotopic (exact) mass is 191 g/mol. The second-order valence-corrected chi connectivity index (χ2v) is 4.40. The zero-order valence-electron chi connectivity index (χ0n) is 9.04. The van der Waals surface area contributed by atoms with Crippen LogP contribution in [0.1, 0.15) is 55.6 Å². The average molecular weight is 191 g/mol. The van der Waals surface area contributed by atoms with Crippen molar-refractivity contribution in [1.29, 1.82) is 0 Å². The SMILES string of the molecule is Cc1nc(C2CC2)nc(N)c1C(C)C. The predicted octanol–water partition coefficient (Wildman–Crippen LogP) is 2.37. The predicted molar refractivity (Wildman–Crippen MR) is 57.2 cm³/mol. The van der Waals surface area contributed by atoms with Crippen LogP contribution in [-0.2, 0) is 0 Å². The molecule has 3 heteroatoms. The van der Waals surface area contributed by atoms with Crippen LogP contribution in [0.25, 0.3) is 0 Å². The summed E-state index contributed by atoms with van der Waals surface area (Å²) in [5, 5.41) is 0. The van der Waals surface area contributed by atoms with Gasteiger partial charge in [-0.2, -0.15) is 0 Å². The second kappa shape index (κ2) is 3.23. The van der Waals surface area contributed by atoms with Gasteiger partial charge in [0.15, 0.2) is 0 Å². The number of rotatable bonds is 2. The lowest BCUT2D eigenvalue weighted by molar-refractivity contribution is 0.809. The van der Waals surface area contributed by atoms with Crippen molar-refractivity contribution in [3.05, 3.63) is 17.1 Å². The molecule has 0 unspecified atom stereocenters. The van der Waals surface area contributed by atoms with Crippen LogP contribution in [0.2, 0.25) is 0 Å². The standard InChI is InChI=1S/C11H17N3/c1-6(2)9-7(3)13-11(8-4-5-8)14-10(9)12/h6,8H,4-5H2,1-3H3,(H2,12,13,14). The minimum atomic E-state index is 0.406. The van der Waals surface area contributed by atoms with E-state index in [1.54, 1.807) is 0 Å². The molecule has 0 saturated heterocycles. The maximum absolute atomic E-state index is 5.94. The molecule has 0 aromatic carbocycles. The summed E-state index contributed by atoms with van der Waals surface area (Å²) in [5.41, 5.74) is 8.09. The van der Waals surface area contributed by atoms with Gasteiger partial charge < -0.3 is 5.73 Å². The summed E-state index contributed by atoms with van der Waals surface area (Å²) >= 11 is 0. The van der Waals surface area contributed by atoms with Crippen LogP contribution in [0.4, 0.5) is 5.82 Å². The number of aryl methyl sites for hydroxylation is 1. The Bertz CT molecular complexity index is 331. The van der Waals surface area contributed by atoms with E-state index in [0.29, 0.717) is 17.7 Å². The van der Waals surface area contributed by atoms with Crippen molar-refractivity contribution >= 4 is 5.82 Å². The van der Waals surface area contributed by atoms with E-state index in [2.05, 4.69) is 23.8 Å². The molecule has 14 heavy (non-hydrogen) atoms. The molecule has 2 rings (SSSR count). The van der Waals surface area contributed by atoms with Crippen molar-refractivity contribution in [3.63, 3.8) is 0 Å². The van der Waals surface area contributed by atoms with Crippen molar-refractivity contribution < 1.29 is 0 Å². The molecule has 1 saturated carbocycles. The number of anilines is 1. The third-order valence-corrected chi connectivity index (χ3v) is 2.70. The van der Waals surface area contributed by atoms with Crippen LogP contribution in [0.3, 0.4) is 0 Å². The largest absolute Gasteiger partial charge is 0.383 e. The minimum absolute atomic E-state index is 0.406. The number of aromatic nitrogens is 2. The summed E-state index contributed by atoms with van der Waals surface area (Å²) in [4.78, 5) is 8.91. The molecule has 0 atom stereocenters. The zero-order valence-corrected chi connectivity index (χ0v) is 9.04. The van der Waals surface area contributed by atoms with Gasteiger partial charge in [-0.25, -0.2) is 9.97 Å². The van der Waals surface area contributed by atoms with E-state index in [9.17, 15) is 0 Å². The number of hydrogen-bond acceptors (Lipinski definition) is 3. The van der Waals surface area contributed by atoms with E-state index >= 15 is 0 Å². The molecule has 1 aromatic rings. The van der Waals surface area contributed by atoms with Crippen LogP contribution in [0, 0.1) is 6.92 Å². The molecule has 0 spiro atoms. The van der Waals surface area contributed by atoms with Crippen LogP contribution >= 0.6 is 0 Å². The Labute approximate surface area is 84.8 Å². The van der Waals surface area contributed by atoms with Gasteiger partial charge in [0, 0.05) is 17.2 Å². The number of nitrogens with two attached hydrogens (primary N) is 1. The highest BCUT2D eigenvalue weighted by molar-refractivity contribution is 5.44. The molecule has 0 bridgehead atoms. The first-order valence-electron chi connectivity index (χ1n) is 5.23. The van der Waals surface area contributed by atoms with E-state index in [4.69, 9.17) is 5.73 Å². The van der Waals surface area contributed by atoms with Gasteiger partial charge in [0.25, 0.3) is 0 Å². The van der Waals surface area contributed by atoms with Crippen molar-refractivity contribution in [2.75, 3.05) is 5.73 Å². The summed E-state index contributed by atoms with van der Waals surface area (Å²) in [6.45, 7) is 6.27. The van der Waals surface area contributed by atoms with Gasteiger partial charge in [-0.1, -0.05) is 13.8 Å². The van der Waals surface area contributed by atoms with Gasteiger partial charge in [0.2, 0.25) is 0 Å². The summed E-state index contributed by atoms with van der Waals surface area (Å²) < 4.78 is 0. The topological polar surface area (TPSA) is 51.8 Å². The number of nitrogen functional groups attached to an aromatic ring is 1. The summed E-state index contributed by atoms with van der Waals surface area (Å²) in [6, 6.07) is 0. The summed E-state index contributed by atoms with van der Waals surface area (Å²) in [5.74, 6) is 2.61. The molecule has 1 aromatic heterocycles. The number of hydrogen-bond donors (Lipinski definition) is 1. The molecule has 0 radical (unpaired) electrons. The first-order chi connectivity index (χ1) is 6.59. The van der Waals surface area contributed by atoms with Crippen LogP contribution in [-0.4, -0.2) is 9.97 Å². The van der Waals surface area contributed by atoms with Crippen molar-refractivity contribution in [2.24, 2.45) is 0 Å². The van der Waals surface area contributed by atoms with Gasteiger partial charge in [0.05, 0.1) is 0 Å². The first-order valence-corrected chi connectivity index (χ1v) is 5.23. The molecule has 0 aliphatic heterocycles. The fraction of sp³-hybridized carbons (Fsp3) is 0.636. The highest BCUT2D eigenvalue weighted by Crippen LogP contribution is 2.39. The lowest BCUT2D eigenvalue weighted by atomic mass is 10.0. The van der Waals surface area contributed by atoms with Crippen LogP contribution in [0.5, 0.6) is 0 Å². The maximum atomic E-state index is 5.94. The highest BCUT2D eigenvalue weighted by Gasteiger charge is 2.27.